The number of hydrogen-bond acceptors (Lipinski definition) is 2. The summed E-state index contributed by atoms with van der Waals surface area (Å²) in [6.45, 7) is 2.08. The Bertz CT molecular complexity index is 879. The number of aryl methyl sites for hydroxylation is 1. The second-order valence-electron chi connectivity index (χ2n) is 5.10. The van der Waals surface area contributed by atoms with Crippen LogP contribution < -0.4 is 10.9 Å². The second-order valence-corrected chi connectivity index (χ2v) is 5.10. The van der Waals surface area contributed by atoms with Crippen LogP contribution in [0.25, 0.3) is 10.8 Å². The summed E-state index contributed by atoms with van der Waals surface area (Å²) in [5, 5.41) is 4.12. The normalized spacial score (nSPS) is 10.6. The smallest absolute Gasteiger partial charge is 0.272 e. The van der Waals surface area contributed by atoms with Gasteiger partial charge in [-0.25, -0.2) is 0 Å². The van der Waals surface area contributed by atoms with Gasteiger partial charge >= 0.3 is 0 Å². The quantitative estimate of drug-likeness (QED) is 0.777. The SMILES string of the molecule is CCc1ccc(NC(=O)c2cc3ccccc3c(=O)[nH]2)cc1. The fraction of sp³-hybridized carbons (Fsp3) is 0.111. The number of nitrogens with one attached hydrogen (secondary N) is 2. The van der Waals surface area contributed by atoms with Crippen molar-refractivity contribution in [1.29, 1.82) is 0 Å². The number of carbonyl (C=O) groups is 1. The molecular formula is C18H16N2O2. The van der Waals surface area contributed by atoms with Crippen molar-refractivity contribution >= 4 is 22.4 Å². The van der Waals surface area contributed by atoms with Crippen LogP contribution in [0.3, 0.4) is 0 Å². The largest absolute Gasteiger partial charge is 0.321 e. The number of carbonyl (C=O) groups excluding carboxylic acids is 1. The molecule has 1 amide bonds. The summed E-state index contributed by atoms with van der Waals surface area (Å²) >= 11 is 0. The van der Waals surface area contributed by atoms with Crippen molar-refractivity contribution < 1.29 is 4.79 Å². The Labute approximate surface area is 127 Å². The van der Waals surface area contributed by atoms with Crippen LogP contribution in [0, 0.1) is 0 Å². The van der Waals surface area contributed by atoms with Crippen LogP contribution in [0.2, 0.25) is 0 Å². The van der Waals surface area contributed by atoms with E-state index in [4.69, 9.17) is 0 Å². The molecule has 0 unspecified atom stereocenters. The van der Waals surface area contributed by atoms with Crippen molar-refractivity contribution in [1.82, 2.24) is 4.98 Å². The number of H-pyrrole nitrogens is 1. The van der Waals surface area contributed by atoms with Crippen LogP contribution in [0.1, 0.15) is 23.0 Å². The van der Waals surface area contributed by atoms with Gasteiger partial charge in [0.1, 0.15) is 5.69 Å². The third-order valence-electron chi connectivity index (χ3n) is 3.62. The highest BCUT2D eigenvalue weighted by molar-refractivity contribution is 6.04. The Balaban J connectivity index is 1.89. The van der Waals surface area contributed by atoms with Crippen molar-refractivity contribution in [2.45, 2.75) is 13.3 Å². The summed E-state index contributed by atoms with van der Waals surface area (Å²) in [7, 11) is 0. The molecule has 0 radical (unpaired) electrons. The molecule has 2 N–H and O–H groups in total. The fourth-order valence-electron chi connectivity index (χ4n) is 2.36. The van der Waals surface area contributed by atoms with Gasteiger partial charge in [0.2, 0.25) is 0 Å². The lowest BCUT2D eigenvalue weighted by Gasteiger charge is -2.07. The summed E-state index contributed by atoms with van der Waals surface area (Å²) in [6, 6.07) is 16.5. The molecule has 4 heteroatoms. The van der Waals surface area contributed by atoms with Crippen LogP contribution in [0.5, 0.6) is 0 Å². The van der Waals surface area contributed by atoms with Crippen LogP contribution in [-0.2, 0) is 6.42 Å². The number of aromatic nitrogens is 1. The average Bonchev–Trinajstić information content (AvgIpc) is 2.55. The molecule has 3 aromatic rings. The zero-order valence-corrected chi connectivity index (χ0v) is 12.2. The maximum atomic E-state index is 12.3. The first-order valence-corrected chi connectivity index (χ1v) is 7.19. The molecule has 0 bridgehead atoms. The van der Waals surface area contributed by atoms with E-state index in [1.807, 2.05) is 36.4 Å². The first kappa shape index (κ1) is 14.1. The molecule has 0 aliphatic carbocycles. The van der Waals surface area contributed by atoms with Crippen molar-refractivity contribution in [2.75, 3.05) is 5.32 Å². The third kappa shape index (κ3) is 2.76. The molecule has 0 spiro atoms. The number of pyridine rings is 1. The molecule has 4 nitrogen and oxygen atoms in total. The summed E-state index contributed by atoms with van der Waals surface area (Å²) in [4.78, 5) is 26.9. The molecule has 22 heavy (non-hydrogen) atoms. The number of aromatic amines is 1. The van der Waals surface area contributed by atoms with Gasteiger partial charge in [-0.05, 0) is 41.6 Å². The maximum absolute atomic E-state index is 12.3. The standard InChI is InChI=1S/C18H16N2O2/c1-2-12-7-9-14(10-8-12)19-18(22)16-11-13-5-3-4-6-15(13)17(21)20-16/h3-11H,2H2,1H3,(H,19,22)(H,20,21). The van der Waals surface area contributed by atoms with E-state index in [1.165, 1.54) is 5.56 Å². The monoisotopic (exact) mass is 292 g/mol. The average molecular weight is 292 g/mol. The predicted octanol–water partition coefficient (Wildman–Crippen LogP) is 3.34. The highest BCUT2D eigenvalue weighted by Crippen LogP contribution is 2.13. The van der Waals surface area contributed by atoms with E-state index in [2.05, 4.69) is 17.2 Å². The molecule has 0 atom stereocenters. The Morgan fingerprint density at radius 3 is 2.55 bits per heavy atom. The molecule has 3 rings (SSSR count). The lowest BCUT2D eigenvalue weighted by molar-refractivity contribution is 0.102. The zero-order chi connectivity index (χ0) is 15.5. The number of rotatable bonds is 3. The second kappa shape index (κ2) is 5.85. The van der Waals surface area contributed by atoms with Crippen molar-refractivity contribution in [2.24, 2.45) is 0 Å². The Morgan fingerprint density at radius 1 is 1.09 bits per heavy atom. The number of benzene rings is 2. The van der Waals surface area contributed by atoms with Crippen LogP contribution >= 0.6 is 0 Å². The van der Waals surface area contributed by atoms with Gasteiger partial charge in [0.25, 0.3) is 11.5 Å². The number of fused-ring (bicyclic) bond motifs is 1. The van der Waals surface area contributed by atoms with E-state index in [-0.39, 0.29) is 17.2 Å². The minimum atomic E-state index is -0.327. The Kier molecular flexibility index (Phi) is 3.74. The summed E-state index contributed by atoms with van der Waals surface area (Å²) < 4.78 is 0. The first-order valence-electron chi connectivity index (χ1n) is 7.19. The fourth-order valence-corrected chi connectivity index (χ4v) is 2.36. The van der Waals surface area contributed by atoms with Gasteiger partial charge in [-0.1, -0.05) is 37.3 Å². The number of anilines is 1. The van der Waals surface area contributed by atoms with Gasteiger partial charge in [0.15, 0.2) is 0 Å². The molecule has 0 aliphatic rings. The number of hydrogen-bond donors (Lipinski definition) is 2. The molecule has 1 heterocycles. The van der Waals surface area contributed by atoms with Gasteiger partial charge in [0, 0.05) is 11.1 Å². The topological polar surface area (TPSA) is 62.0 Å². The van der Waals surface area contributed by atoms with E-state index in [0.29, 0.717) is 11.1 Å². The van der Waals surface area contributed by atoms with E-state index in [0.717, 1.165) is 11.8 Å². The van der Waals surface area contributed by atoms with Gasteiger partial charge in [-0.15, -0.1) is 0 Å². The lowest BCUT2D eigenvalue weighted by atomic mass is 10.1. The molecule has 2 aromatic carbocycles. The molecule has 0 saturated carbocycles. The summed E-state index contributed by atoms with van der Waals surface area (Å²) in [5.41, 5.74) is 1.90. The van der Waals surface area contributed by atoms with Crippen LogP contribution in [0.4, 0.5) is 5.69 Å². The van der Waals surface area contributed by atoms with Gasteiger partial charge in [0.05, 0.1) is 0 Å². The molecule has 0 fully saturated rings. The predicted molar refractivity (Wildman–Crippen MR) is 88.3 cm³/mol. The van der Waals surface area contributed by atoms with E-state index in [1.54, 1.807) is 18.2 Å². The van der Waals surface area contributed by atoms with E-state index >= 15 is 0 Å². The molecule has 110 valence electrons. The van der Waals surface area contributed by atoms with Crippen LogP contribution in [-0.4, -0.2) is 10.9 Å². The van der Waals surface area contributed by atoms with E-state index < -0.39 is 0 Å². The third-order valence-corrected chi connectivity index (χ3v) is 3.62. The minimum Gasteiger partial charge on any atom is -0.321 e. The highest BCUT2D eigenvalue weighted by Gasteiger charge is 2.09. The van der Waals surface area contributed by atoms with E-state index in [9.17, 15) is 9.59 Å². The van der Waals surface area contributed by atoms with Crippen molar-refractivity contribution in [3.05, 3.63) is 76.2 Å². The number of amides is 1. The van der Waals surface area contributed by atoms with Crippen molar-refractivity contribution in [3.8, 4) is 0 Å². The zero-order valence-electron chi connectivity index (χ0n) is 12.2. The van der Waals surface area contributed by atoms with Crippen LogP contribution in [0.15, 0.2) is 59.4 Å². The Hall–Kier alpha value is -2.88. The molecule has 0 saturated heterocycles. The lowest BCUT2D eigenvalue weighted by Crippen LogP contribution is -2.18. The van der Waals surface area contributed by atoms with Gasteiger partial charge < -0.3 is 10.3 Å². The van der Waals surface area contributed by atoms with Gasteiger partial charge in [-0.3, -0.25) is 9.59 Å². The maximum Gasteiger partial charge on any atom is 0.272 e. The summed E-state index contributed by atoms with van der Waals surface area (Å²) in [6.07, 6.45) is 0.951. The molecule has 1 aromatic heterocycles. The van der Waals surface area contributed by atoms with Crippen molar-refractivity contribution in [3.63, 3.8) is 0 Å². The minimum absolute atomic E-state index is 0.253. The molecular weight excluding hydrogens is 276 g/mol. The van der Waals surface area contributed by atoms with Gasteiger partial charge in [-0.2, -0.15) is 0 Å². The molecule has 0 aliphatic heterocycles. The Morgan fingerprint density at radius 2 is 1.82 bits per heavy atom. The highest BCUT2D eigenvalue weighted by atomic mass is 16.2. The summed E-state index contributed by atoms with van der Waals surface area (Å²) in [5.74, 6) is -0.327. The first-order chi connectivity index (χ1) is 10.7.